The molecule has 0 aliphatic carbocycles. The molecule has 2 nitrogen and oxygen atoms in total. The van der Waals surface area contributed by atoms with E-state index in [4.69, 9.17) is 11.6 Å². The van der Waals surface area contributed by atoms with Gasteiger partial charge in [0, 0.05) is 11.6 Å². The molecule has 0 aliphatic rings. The molecule has 0 radical (unpaired) electrons. The van der Waals surface area contributed by atoms with E-state index in [1.165, 1.54) is 0 Å². The fourth-order valence-electron chi connectivity index (χ4n) is 1.40. The van der Waals surface area contributed by atoms with Crippen molar-refractivity contribution in [3.05, 3.63) is 35.1 Å². The van der Waals surface area contributed by atoms with Crippen molar-refractivity contribution in [1.29, 1.82) is 0 Å². The van der Waals surface area contributed by atoms with E-state index >= 15 is 0 Å². The number of hydrogen-bond donors (Lipinski definition) is 0. The fourth-order valence-corrected chi connectivity index (χ4v) is 1.78. The van der Waals surface area contributed by atoms with Gasteiger partial charge in [-0.3, -0.25) is 0 Å². The summed E-state index contributed by atoms with van der Waals surface area (Å²) in [6, 6.07) is 5.77. The van der Waals surface area contributed by atoms with Crippen LogP contribution in [0.5, 0.6) is 0 Å². The summed E-state index contributed by atoms with van der Waals surface area (Å²) in [6.07, 6.45) is 1.74. The molecular formula is C11H11ClN2. The number of halogens is 1. The Morgan fingerprint density at radius 3 is 2.86 bits per heavy atom. The fraction of sp³-hybridized carbons (Fsp3) is 0.273. The molecule has 0 fully saturated rings. The summed E-state index contributed by atoms with van der Waals surface area (Å²) in [7, 11) is 0. The van der Waals surface area contributed by atoms with Crippen molar-refractivity contribution in [2.24, 2.45) is 0 Å². The van der Waals surface area contributed by atoms with Crippen LogP contribution in [0.25, 0.3) is 11.0 Å². The Labute approximate surface area is 88.0 Å². The highest BCUT2D eigenvalue weighted by Gasteiger charge is 2.08. The highest BCUT2D eigenvalue weighted by atomic mass is 35.5. The lowest BCUT2D eigenvalue weighted by molar-refractivity contribution is 0.828. The molecule has 0 bridgehead atoms. The van der Waals surface area contributed by atoms with Crippen molar-refractivity contribution in [3.63, 3.8) is 0 Å². The lowest BCUT2D eigenvalue weighted by atomic mass is 10.1. The van der Waals surface area contributed by atoms with E-state index in [2.05, 4.69) is 23.8 Å². The van der Waals surface area contributed by atoms with Gasteiger partial charge < -0.3 is 0 Å². The van der Waals surface area contributed by atoms with Crippen molar-refractivity contribution in [2.75, 3.05) is 0 Å². The Bertz CT molecular complexity index is 466. The minimum atomic E-state index is 0.328. The van der Waals surface area contributed by atoms with Gasteiger partial charge in [0.1, 0.15) is 0 Å². The molecule has 0 aliphatic heterocycles. The largest absolute Gasteiger partial charge is 0.237 e. The summed E-state index contributed by atoms with van der Waals surface area (Å²) in [5.74, 6) is 0.328. The van der Waals surface area contributed by atoms with Crippen LogP contribution in [0.4, 0.5) is 0 Å². The molecule has 2 aromatic rings. The van der Waals surface area contributed by atoms with Crippen LogP contribution in [0.15, 0.2) is 24.4 Å². The maximum Gasteiger partial charge on any atom is 0.159 e. The Kier molecular flexibility index (Phi) is 2.38. The van der Waals surface area contributed by atoms with Crippen LogP contribution in [0.1, 0.15) is 25.5 Å². The minimum Gasteiger partial charge on any atom is -0.237 e. The third-order valence-corrected chi connectivity index (χ3v) is 2.42. The molecule has 0 N–H and O–H groups in total. The van der Waals surface area contributed by atoms with Gasteiger partial charge in [-0.1, -0.05) is 25.4 Å². The van der Waals surface area contributed by atoms with Crippen LogP contribution < -0.4 is 0 Å². The van der Waals surface area contributed by atoms with Gasteiger partial charge in [-0.25, -0.2) is 9.97 Å². The number of nitrogens with zero attached hydrogens (tertiary/aromatic N) is 2. The smallest absolute Gasteiger partial charge is 0.159 e. The molecule has 0 amide bonds. The van der Waals surface area contributed by atoms with E-state index in [9.17, 15) is 0 Å². The lowest BCUT2D eigenvalue weighted by Gasteiger charge is -2.07. The average molecular weight is 207 g/mol. The van der Waals surface area contributed by atoms with Crippen molar-refractivity contribution in [1.82, 2.24) is 9.97 Å². The highest BCUT2D eigenvalue weighted by Crippen LogP contribution is 2.25. The zero-order valence-corrected chi connectivity index (χ0v) is 8.92. The zero-order chi connectivity index (χ0) is 10.1. The van der Waals surface area contributed by atoms with E-state index in [0.717, 1.165) is 21.7 Å². The average Bonchev–Trinajstić information content (AvgIpc) is 2.16. The van der Waals surface area contributed by atoms with Gasteiger partial charge in [0.15, 0.2) is 5.65 Å². The molecule has 0 aromatic carbocycles. The molecule has 0 unspecified atom stereocenters. The van der Waals surface area contributed by atoms with Crippen LogP contribution in [0.2, 0.25) is 5.02 Å². The quantitative estimate of drug-likeness (QED) is 0.715. The summed E-state index contributed by atoms with van der Waals surface area (Å²) >= 11 is 6.11. The standard InChI is InChI=1S/C11H11ClN2/c1-7(2)10-9(12)6-8-4-3-5-13-11(8)14-10/h3-7H,1-2H3. The zero-order valence-electron chi connectivity index (χ0n) is 8.16. The van der Waals surface area contributed by atoms with Crippen LogP contribution in [0, 0.1) is 0 Å². The summed E-state index contributed by atoms with van der Waals surface area (Å²) in [5.41, 5.74) is 1.68. The van der Waals surface area contributed by atoms with Crippen LogP contribution in [0.3, 0.4) is 0 Å². The first-order chi connectivity index (χ1) is 6.68. The minimum absolute atomic E-state index is 0.328. The van der Waals surface area contributed by atoms with Crippen molar-refractivity contribution < 1.29 is 0 Å². The van der Waals surface area contributed by atoms with Gasteiger partial charge in [-0.2, -0.15) is 0 Å². The van der Waals surface area contributed by atoms with Gasteiger partial charge in [-0.05, 0) is 24.1 Å². The Hall–Kier alpha value is -1.15. The SMILES string of the molecule is CC(C)c1nc2ncccc2cc1Cl. The number of hydrogen-bond acceptors (Lipinski definition) is 2. The second-order valence-electron chi connectivity index (χ2n) is 3.56. The van der Waals surface area contributed by atoms with Crippen molar-refractivity contribution in [2.45, 2.75) is 19.8 Å². The second-order valence-corrected chi connectivity index (χ2v) is 3.97. The molecule has 2 heterocycles. The van der Waals surface area contributed by atoms with Crippen LogP contribution in [-0.2, 0) is 0 Å². The number of pyridine rings is 2. The van der Waals surface area contributed by atoms with Gasteiger partial charge in [-0.15, -0.1) is 0 Å². The summed E-state index contributed by atoms with van der Waals surface area (Å²) in [5, 5.41) is 1.71. The second kappa shape index (κ2) is 3.54. The Balaban J connectivity index is 2.71. The molecule has 72 valence electrons. The maximum absolute atomic E-state index is 6.11. The summed E-state index contributed by atoms with van der Waals surface area (Å²) in [6.45, 7) is 4.14. The van der Waals surface area contributed by atoms with E-state index in [-0.39, 0.29) is 0 Å². The number of aromatic nitrogens is 2. The highest BCUT2D eigenvalue weighted by molar-refractivity contribution is 6.31. The van der Waals surface area contributed by atoms with Crippen molar-refractivity contribution >= 4 is 22.6 Å². The molecule has 0 saturated carbocycles. The van der Waals surface area contributed by atoms with E-state index < -0.39 is 0 Å². The first-order valence-corrected chi connectivity index (χ1v) is 4.97. The van der Waals surface area contributed by atoms with E-state index in [0.29, 0.717) is 5.92 Å². The van der Waals surface area contributed by atoms with Crippen LogP contribution in [-0.4, -0.2) is 9.97 Å². The molecule has 2 aromatic heterocycles. The normalized spacial score (nSPS) is 11.1. The molecule has 0 spiro atoms. The number of fused-ring (bicyclic) bond motifs is 1. The first-order valence-electron chi connectivity index (χ1n) is 4.59. The molecule has 3 heteroatoms. The van der Waals surface area contributed by atoms with Gasteiger partial charge >= 0.3 is 0 Å². The van der Waals surface area contributed by atoms with E-state index in [1.807, 2.05) is 18.2 Å². The maximum atomic E-state index is 6.11. The topological polar surface area (TPSA) is 25.8 Å². The van der Waals surface area contributed by atoms with Gasteiger partial charge in [0.05, 0.1) is 10.7 Å². The summed E-state index contributed by atoms with van der Waals surface area (Å²) in [4.78, 5) is 8.63. The summed E-state index contributed by atoms with van der Waals surface area (Å²) < 4.78 is 0. The molecule has 14 heavy (non-hydrogen) atoms. The molecular weight excluding hydrogens is 196 g/mol. The van der Waals surface area contributed by atoms with E-state index in [1.54, 1.807) is 6.20 Å². The molecule has 0 saturated heterocycles. The predicted octanol–water partition coefficient (Wildman–Crippen LogP) is 3.41. The number of rotatable bonds is 1. The molecule has 2 rings (SSSR count). The first kappa shape index (κ1) is 9.41. The third kappa shape index (κ3) is 1.58. The molecule has 0 atom stereocenters. The monoisotopic (exact) mass is 206 g/mol. The lowest BCUT2D eigenvalue weighted by Crippen LogP contribution is -1.95. The van der Waals surface area contributed by atoms with Crippen molar-refractivity contribution in [3.8, 4) is 0 Å². The van der Waals surface area contributed by atoms with Crippen LogP contribution >= 0.6 is 11.6 Å². The van der Waals surface area contributed by atoms with Gasteiger partial charge in [0.2, 0.25) is 0 Å². The Morgan fingerprint density at radius 1 is 1.36 bits per heavy atom. The predicted molar refractivity (Wildman–Crippen MR) is 58.6 cm³/mol. The third-order valence-electron chi connectivity index (χ3n) is 2.12. The van der Waals surface area contributed by atoms with Gasteiger partial charge in [0.25, 0.3) is 0 Å². The Morgan fingerprint density at radius 2 is 2.14 bits per heavy atom.